The minimum absolute atomic E-state index is 0.0486. The van der Waals surface area contributed by atoms with Crippen LogP contribution in [0.15, 0.2) is 35.4 Å². The fraction of sp³-hybridized carbons (Fsp3) is 0.200. The standard InChI is InChI=1S/C10H10ClN3O/c11-10(12)6-9(15)14(13-7-10)8-4-2-1-3-5-8/h1-5,7H,6,12H2. The summed E-state index contributed by atoms with van der Waals surface area (Å²) in [6.07, 6.45) is 1.43. The Labute approximate surface area is 92.3 Å². The van der Waals surface area contributed by atoms with E-state index >= 15 is 0 Å². The SMILES string of the molecule is NC1(Cl)C=NN(c2ccccc2)C(=O)C1. The number of carbonyl (C=O) groups excluding carboxylic acids is 1. The molecule has 1 unspecified atom stereocenters. The average Bonchev–Trinajstić information content (AvgIpc) is 2.17. The highest BCUT2D eigenvalue weighted by Gasteiger charge is 2.31. The van der Waals surface area contributed by atoms with Gasteiger partial charge in [-0.25, -0.2) is 5.01 Å². The molecule has 0 saturated heterocycles. The summed E-state index contributed by atoms with van der Waals surface area (Å²) in [5.41, 5.74) is 6.29. The van der Waals surface area contributed by atoms with E-state index in [0.717, 1.165) is 0 Å². The summed E-state index contributed by atoms with van der Waals surface area (Å²) in [4.78, 5) is 10.5. The smallest absolute Gasteiger partial charge is 0.250 e. The molecule has 2 rings (SSSR count). The number of amides is 1. The number of para-hydroxylation sites is 1. The van der Waals surface area contributed by atoms with Gasteiger partial charge in [0.25, 0.3) is 5.91 Å². The van der Waals surface area contributed by atoms with Crippen LogP contribution in [0.5, 0.6) is 0 Å². The fourth-order valence-electron chi connectivity index (χ4n) is 1.35. The van der Waals surface area contributed by atoms with Crippen molar-refractivity contribution >= 4 is 29.4 Å². The van der Waals surface area contributed by atoms with E-state index in [1.54, 1.807) is 12.1 Å². The van der Waals surface area contributed by atoms with Crippen molar-refractivity contribution in [2.45, 2.75) is 11.4 Å². The molecule has 1 heterocycles. The van der Waals surface area contributed by atoms with Crippen molar-refractivity contribution in [1.29, 1.82) is 0 Å². The highest BCUT2D eigenvalue weighted by atomic mass is 35.5. The topological polar surface area (TPSA) is 58.7 Å². The van der Waals surface area contributed by atoms with Crippen LogP contribution < -0.4 is 10.7 Å². The van der Waals surface area contributed by atoms with Crippen molar-refractivity contribution in [3.63, 3.8) is 0 Å². The van der Waals surface area contributed by atoms with Crippen molar-refractivity contribution < 1.29 is 4.79 Å². The number of hydrazone groups is 1. The first-order chi connectivity index (χ1) is 7.08. The Kier molecular flexibility index (Phi) is 2.46. The summed E-state index contributed by atoms with van der Waals surface area (Å²) >= 11 is 5.80. The molecule has 2 N–H and O–H groups in total. The zero-order chi connectivity index (χ0) is 10.9. The molecule has 5 heteroatoms. The quantitative estimate of drug-likeness (QED) is 0.576. The minimum atomic E-state index is -1.15. The van der Waals surface area contributed by atoms with E-state index in [9.17, 15) is 4.79 Å². The van der Waals surface area contributed by atoms with Gasteiger partial charge in [0.1, 0.15) is 5.00 Å². The number of alkyl halides is 1. The molecule has 1 atom stereocenters. The molecule has 0 aromatic heterocycles. The lowest BCUT2D eigenvalue weighted by atomic mass is 10.2. The molecule has 1 aliphatic rings. The third kappa shape index (κ3) is 2.16. The first kappa shape index (κ1) is 10.1. The number of halogens is 1. The second kappa shape index (κ2) is 3.64. The van der Waals surface area contributed by atoms with Crippen LogP contribution in [0.3, 0.4) is 0 Å². The normalized spacial score (nSPS) is 25.7. The largest absolute Gasteiger partial charge is 0.308 e. The van der Waals surface area contributed by atoms with Crippen LogP contribution in [0.2, 0.25) is 0 Å². The number of benzene rings is 1. The summed E-state index contributed by atoms with van der Waals surface area (Å²) < 4.78 is 0. The number of nitrogens with zero attached hydrogens (tertiary/aromatic N) is 2. The number of rotatable bonds is 1. The van der Waals surface area contributed by atoms with Gasteiger partial charge in [-0.3, -0.25) is 4.79 Å². The van der Waals surface area contributed by atoms with Crippen molar-refractivity contribution in [3.05, 3.63) is 30.3 Å². The van der Waals surface area contributed by atoms with Gasteiger partial charge in [-0.05, 0) is 12.1 Å². The van der Waals surface area contributed by atoms with Crippen molar-refractivity contribution in [2.24, 2.45) is 10.8 Å². The second-order valence-electron chi connectivity index (χ2n) is 3.39. The lowest BCUT2D eigenvalue weighted by Gasteiger charge is -2.27. The summed E-state index contributed by atoms with van der Waals surface area (Å²) in [6.45, 7) is 0. The zero-order valence-electron chi connectivity index (χ0n) is 7.93. The van der Waals surface area contributed by atoms with Gasteiger partial charge in [0.05, 0.1) is 18.3 Å². The Morgan fingerprint density at radius 1 is 1.40 bits per heavy atom. The molecule has 0 spiro atoms. The van der Waals surface area contributed by atoms with Gasteiger partial charge in [-0.15, -0.1) is 0 Å². The summed E-state index contributed by atoms with van der Waals surface area (Å²) in [5.74, 6) is -0.207. The molecule has 15 heavy (non-hydrogen) atoms. The van der Waals surface area contributed by atoms with Gasteiger partial charge in [0, 0.05) is 0 Å². The Hall–Kier alpha value is -1.39. The number of nitrogens with two attached hydrogens (primary N) is 1. The third-order valence-corrected chi connectivity index (χ3v) is 2.28. The van der Waals surface area contributed by atoms with Crippen LogP contribution in [0.1, 0.15) is 6.42 Å². The van der Waals surface area contributed by atoms with Gasteiger partial charge in [0.2, 0.25) is 0 Å². The Morgan fingerprint density at radius 3 is 2.67 bits per heavy atom. The number of anilines is 1. The monoisotopic (exact) mass is 223 g/mol. The molecular formula is C10H10ClN3O. The van der Waals surface area contributed by atoms with Gasteiger partial charge < -0.3 is 5.73 Å². The minimum Gasteiger partial charge on any atom is -0.308 e. The average molecular weight is 224 g/mol. The lowest BCUT2D eigenvalue weighted by molar-refractivity contribution is -0.119. The van der Waals surface area contributed by atoms with E-state index in [-0.39, 0.29) is 12.3 Å². The lowest BCUT2D eigenvalue weighted by Crippen LogP contribution is -2.46. The van der Waals surface area contributed by atoms with E-state index in [1.807, 2.05) is 18.2 Å². The Bertz CT molecular complexity index is 402. The third-order valence-electron chi connectivity index (χ3n) is 2.05. The molecule has 1 aliphatic heterocycles. The van der Waals surface area contributed by atoms with E-state index < -0.39 is 5.00 Å². The van der Waals surface area contributed by atoms with Crippen LogP contribution in [0, 0.1) is 0 Å². The molecule has 0 saturated carbocycles. The predicted octanol–water partition coefficient (Wildman–Crippen LogP) is 1.30. The van der Waals surface area contributed by atoms with Crippen LogP contribution in [0.25, 0.3) is 0 Å². The number of hydrogen-bond donors (Lipinski definition) is 1. The molecule has 1 aromatic rings. The predicted molar refractivity (Wildman–Crippen MR) is 59.8 cm³/mol. The summed E-state index contributed by atoms with van der Waals surface area (Å²) in [5, 5.41) is 5.23. The summed E-state index contributed by atoms with van der Waals surface area (Å²) in [7, 11) is 0. The van der Waals surface area contributed by atoms with Crippen LogP contribution in [0.4, 0.5) is 5.69 Å². The molecule has 0 bridgehead atoms. The van der Waals surface area contributed by atoms with Crippen molar-refractivity contribution in [3.8, 4) is 0 Å². The van der Waals surface area contributed by atoms with Crippen LogP contribution in [-0.2, 0) is 4.79 Å². The van der Waals surface area contributed by atoms with E-state index in [2.05, 4.69) is 5.10 Å². The van der Waals surface area contributed by atoms with E-state index in [1.165, 1.54) is 11.2 Å². The van der Waals surface area contributed by atoms with Gasteiger partial charge in [0.15, 0.2) is 0 Å². The molecular weight excluding hydrogens is 214 g/mol. The molecule has 0 radical (unpaired) electrons. The van der Waals surface area contributed by atoms with Gasteiger partial charge in [-0.2, -0.15) is 5.10 Å². The molecule has 0 aliphatic carbocycles. The molecule has 78 valence electrons. The van der Waals surface area contributed by atoms with E-state index in [0.29, 0.717) is 5.69 Å². The molecule has 0 fully saturated rings. The Balaban J connectivity index is 2.30. The Morgan fingerprint density at radius 2 is 2.07 bits per heavy atom. The van der Waals surface area contributed by atoms with Gasteiger partial charge in [-0.1, -0.05) is 29.8 Å². The maximum absolute atomic E-state index is 11.7. The molecule has 1 aromatic carbocycles. The zero-order valence-corrected chi connectivity index (χ0v) is 8.69. The van der Waals surface area contributed by atoms with Gasteiger partial charge >= 0.3 is 0 Å². The highest BCUT2D eigenvalue weighted by Crippen LogP contribution is 2.22. The number of hydrogen-bond acceptors (Lipinski definition) is 3. The first-order valence-corrected chi connectivity index (χ1v) is 4.87. The van der Waals surface area contributed by atoms with Crippen molar-refractivity contribution in [1.82, 2.24) is 0 Å². The van der Waals surface area contributed by atoms with Crippen molar-refractivity contribution in [2.75, 3.05) is 5.01 Å². The molecule has 1 amide bonds. The van der Waals surface area contributed by atoms with Crippen LogP contribution in [-0.4, -0.2) is 17.1 Å². The maximum atomic E-state index is 11.7. The summed E-state index contributed by atoms with van der Waals surface area (Å²) in [6, 6.07) is 9.14. The highest BCUT2D eigenvalue weighted by molar-refractivity contribution is 6.34. The fourth-order valence-corrected chi connectivity index (χ4v) is 1.51. The van der Waals surface area contributed by atoms with E-state index in [4.69, 9.17) is 17.3 Å². The van der Waals surface area contributed by atoms with Crippen LogP contribution >= 0.6 is 11.6 Å². The first-order valence-electron chi connectivity index (χ1n) is 4.49. The molecule has 4 nitrogen and oxygen atoms in total. The second-order valence-corrected chi connectivity index (χ2v) is 4.09. The number of carbonyl (C=O) groups is 1. The maximum Gasteiger partial charge on any atom is 0.250 e.